The van der Waals surface area contributed by atoms with Crippen molar-refractivity contribution >= 4 is 6.09 Å². The van der Waals surface area contributed by atoms with Gasteiger partial charge in [-0.3, -0.25) is 4.98 Å². The van der Waals surface area contributed by atoms with Crippen LogP contribution < -0.4 is 10.5 Å². The Bertz CT molecular complexity index is 528. The van der Waals surface area contributed by atoms with Crippen LogP contribution in [0.2, 0.25) is 0 Å². The average molecular weight is 321 g/mol. The van der Waals surface area contributed by atoms with Gasteiger partial charge in [0.15, 0.2) is 0 Å². The van der Waals surface area contributed by atoms with Gasteiger partial charge in [-0.15, -0.1) is 0 Å². The third-order valence-corrected chi connectivity index (χ3v) is 3.78. The van der Waals surface area contributed by atoms with Gasteiger partial charge in [0.2, 0.25) is 0 Å². The third kappa shape index (κ3) is 5.10. The van der Waals surface area contributed by atoms with Gasteiger partial charge in [0.25, 0.3) is 0 Å². The molecule has 1 amide bonds. The van der Waals surface area contributed by atoms with Crippen LogP contribution >= 0.6 is 0 Å². The van der Waals surface area contributed by atoms with E-state index in [1.54, 1.807) is 17.3 Å². The van der Waals surface area contributed by atoms with Crippen molar-refractivity contribution in [3.05, 3.63) is 24.0 Å². The summed E-state index contributed by atoms with van der Waals surface area (Å²) in [7, 11) is 0. The maximum absolute atomic E-state index is 12.4. The Hall–Kier alpha value is -1.82. The molecule has 2 N–H and O–H groups in total. The van der Waals surface area contributed by atoms with Crippen LogP contribution in [0.1, 0.15) is 45.6 Å². The number of ether oxygens (including phenoxy) is 2. The van der Waals surface area contributed by atoms with E-state index in [0.29, 0.717) is 25.4 Å². The number of piperidine rings is 1. The normalized spacial score (nSPS) is 18.6. The predicted octanol–water partition coefficient (Wildman–Crippen LogP) is 2.71. The van der Waals surface area contributed by atoms with Crippen molar-refractivity contribution in [2.45, 2.75) is 58.2 Å². The van der Waals surface area contributed by atoms with Crippen LogP contribution in [0.5, 0.6) is 5.75 Å². The van der Waals surface area contributed by atoms with Gasteiger partial charge in [-0.25, -0.2) is 4.79 Å². The van der Waals surface area contributed by atoms with Crippen molar-refractivity contribution in [3.63, 3.8) is 0 Å². The van der Waals surface area contributed by atoms with Gasteiger partial charge in [0, 0.05) is 24.8 Å². The summed E-state index contributed by atoms with van der Waals surface area (Å²) in [6.45, 7) is 7.17. The summed E-state index contributed by atoms with van der Waals surface area (Å²) in [5.74, 6) is 0.685. The first-order valence-corrected chi connectivity index (χ1v) is 8.16. The maximum Gasteiger partial charge on any atom is 0.410 e. The van der Waals surface area contributed by atoms with Gasteiger partial charge in [-0.2, -0.15) is 0 Å². The van der Waals surface area contributed by atoms with Crippen molar-refractivity contribution in [3.8, 4) is 5.75 Å². The second kappa shape index (κ2) is 7.64. The Kier molecular flexibility index (Phi) is 5.82. The standard InChI is InChI=1S/C17H27N3O3/c1-17(2,3)23-16(21)20-9-5-4-6-14(20)12-22-15-11-19-8-7-13(15)10-18/h7-8,11,14H,4-6,9-10,12,18H2,1-3H3/t14-/m1/s1. The molecule has 1 fully saturated rings. The summed E-state index contributed by atoms with van der Waals surface area (Å²) in [5.41, 5.74) is 6.14. The Morgan fingerprint density at radius 3 is 2.91 bits per heavy atom. The van der Waals surface area contributed by atoms with Crippen LogP contribution in [0, 0.1) is 0 Å². The number of hydrogen-bond acceptors (Lipinski definition) is 5. The van der Waals surface area contributed by atoms with Gasteiger partial charge < -0.3 is 20.1 Å². The molecule has 1 saturated heterocycles. The van der Waals surface area contributed by atoms with E-state index in [1.807, 2.05) is 26.8 Å². The van der Waals surface area contributed by atoms with Crippen LogP contribution in [0.25, 0.3) is 0 Å². The Labute approximate surface area is 138 Å². The molecule has 0 saturated carbocycles. The number of likely N-dealkylation sites (tertiary alicyclic amines) is 1. The molecule has 1 aromatic rings. The van der Waals surface area contributed by atoms with Gasteiger partial charge in [0.05, 0.1) is 12.2 Å². The average Bonchev–Trinajstić information content (AvgIpc) is 2.51. The van der Waals surface area contributed by atoms with Gasteiger partial charge >= 0.3 is 6.09 Å². The number of pyridine rings is 1. The highest BCUT2D eigenvalue weighted by molar-refractivity contribution is 5.68. The lowest BCUT2D eigenvalue weighted by atomic mass is 10.0. The van der Waals surface area contributed by atoms with E-state index in [9.17, 15) is 4.79 Å². The largest absolute Gasteiger partial charge is 0.489 e. The molecule has 6 heteroatoms. The first-order valence-electron chi connectivity index (χ1n) is 8.16. The Morgan fingerprint density at radius 1 is 1.43 bits per heavy atom. The molecule has 1 aliphatic heterocycles. The van der Waals surface area contributed by atoms with Gasteiger partial charge in [0.1, 0.15) is 18.0 Å². The zero-order chi connectivity index (χ0) is 16.9. The molecule has 128 valence electrons. The number of amides is 1. The number of nitrogens with two attached hydrogens (primary N) is 1. The number of carbonyl (C=O) groups excluding carboxylic acids is 1. The fraction of sp³-hybridized carbons (Fsp3) is 0.647. The molecular weight excluding hydrogens is 294 g/mol. The molecule has 0 unspecified atom stereocenters. The lowest BCUT2D eigenvalue weighted by molar-refractivity contribution is 0.00355. The molecule has 0 radical (unpaired) electrons. The van der Waals surface area contributed by atoms with E-state index in [2.05, 4.69) is 4.98 Å². The molecule has 6 nitrogen and oxygen atoms in total. The van der Waals surface area contributed by atoms with Crippen LogP contribution in [0.3, 0.4) is 0 Å². The molecule has 1 aromatic heterocycles. The fourth-order valence-corrected chi connectivity index (χ4v) is 2.63. The molecule has 0 aliphatic carbocycles. The van der Waals surface area contributed by atoms with E-state index in [4.69, 9.17) is 15.2 Å². The highest BCUT2D eigenvalue weighted by Crippen LogP contribution is 2.22. The molecule has 0 spiro atoms. The van der Waals surface area contributed by atoms with Gasteiger partial charge in [-0.05, 0) is 46.1 Å². The van der Waals surface area contributed by atoms with Crippen molar-refractivity contribution in [2.75, 3.05) is 13.2 Å². The Morgan fingerprint density at radius 2 is 2.22 bits per heavy atom. The summed E-state index contributed by atoms with van der Waals surface area (Å²) in [6, 6.07) is 1.87. The van der Waals surface area contributed by atoms with Gasteiger partial charge in [-0.1, -0.05) is 0 Å². The van der Waals surface area contributed by atoms with E-state index in [0.717, 1.165) is 24.8 Å². The van der Waals surface area contributed by atoms with E-state index in [1.165, 1.54) is 0 Å². The second-order valence-electron chi connectivity index (χ2n) is 6.82. The van der Waals surface area contributed by atoms with E-state index in [-0.39, 0.29) is 12.1 Å². The number of rotatable bonds is 4. The zero-order valence-electron chi connectivity index (χ0n) is 14.2. The summed E-state index contributed by atoms with van der Waals surface area (Å²) >= 11 is 0. The monoisotopic (exact) mass is 321 g/mol. The summed E-state index contributed by atoms with van der Waals surface area (Å²) in [4.78, 5) is 18.2. The predicted molar refractivity (Wildman–Crippen MR) is 88.2 cm³/mol. The van der Waals surface area contributed by atoms with Crippen molar-refractivity contribution < 1.29 is 14.3 Å². The molecule has 1 atom stereocenters. The summed E-state index contributed by atoms with van der Waals surface area (Å²) in [6.07, 6.45) is 6.10. The molecule has 2 heterocycles. The summed E-state index contributed by atoms with van der Waals surface area (Å²) in [5, 5.41) is 0. The molecular formula is C17H27N3O3. The Balaban J connectivity index is 2.00. The first kappa shape index (κ1) is 17.5. The fourth-order valence-electron chi connectivity index (χ4n) is 2.63. The number of carbonyl (C=O) groups is 1. The number of hydrogen-bond donors (Lipinski definition) is 1. The zero-order valence-corrected chi connectivity index (χ0v) is 14.2. The second-order valence-corrected chi connectivity index (χ2v) is 6.82. The van der Waals surface area contributed by atoms with Crippen LogP contribution in [-0.2, 0) is 11.3 Å². The van der Waals surface area contributed by atoms with Crippen LogP contribution in [0.15, 0.2) is 18.5 Å². The minimum atomic E-state index is -0.490. The molecule has 1 aliphatic rings. The topological polar surface area (TPSA) is 77.7 Å². The van der Waals surface area contributed by atoms with Crippen molar-refractivity contribution in [1.82, 2.24) is 9.88 Å². The lowest BCUT2D eigenvalue weighted by Crippen LogP contribution is -2.48. The molecule has 2 rings (SSSR count). The smallest absolute Gasteiger partial charge is 0.410 e. The summed E-state index contributed by atoms with van der Waals surface area (Å²) < 4.78 is 11.4. The first-order chi connectivity index (χ1) is 10.9. The van der Waals surface area contributed by atoms with Crippen molar-refractivity contribution in [2.24, 2.45) is 5.73 Å². The highest BCUT2D eigenvalue weighted by Gasteiger charge is 2.31. The van der Waals surface area contributed by atoms with E-state index >= 15 is 0 Å². The maximum atomic E-state index is 12.4. The van der Waals surface area contributed by atoms with E-state index < -0.39 is 5.60 Å². The quantitative estimate of drug-likeness (QED) is 0.922. The number of aromatic nitrogens is 1. The van der Waals surface area contributed by atoms with Crippen molar-refractivity contribution in [1.29, 1.82) is 0 Å². The van der Waals surface area contributed by atoms with Crippen LogP contribution in [0.4, 0.5) is 4.79 Å². The third-order valence-electron chi connectivity index (χ3n) is 3.78. The number of nitrogens with zero attached hydrogens (tertiary/aromatic N) is 2. The lowest BCUT2D eigenvalue weighted by Gasteiger charge is -2.36. The highest BCUT2D eigenvalue weighted by atomic mass is 16.6. The minimum Gasteiger partial charge on any atom is -0.489 e. The molecule has 23 heavy (non-hydrogen) atoms. The molecule has 0 aromatic carbocycles. The minimum absolute atomic E-state index is 0.0180. The molecule has 0 bridgehead atoms. The van der Waals surface area contributed by atoms with Crippen LogP contribution in [-0.4, -0.2) is 40.8 Å². The SMILES string of the molecule is CC(C)(C)OC(=O)N1CCCC[C@@H]1COc1cnccc1CN.